The van der Waals surface area contributed by atoms with Crippen LogP contribution in [0.25, 0.3) is 0 Å². The van der Waals surface area contributed by atoms with Gasteiger partial charge in [-0.15, -0.1) is 0 Å². The molecule has 0 saturated heterocycles. The Labute approximate surface area is 748 Å². The lowest BCUT2D eigenvalue weighted by molar-refractivity contribution is 0.0318. The summed E-state index contributed by atoms with van der Waals surface area (Å²) in [6.45, 7) is 3.90. The van der Waals surface area contributed by atoms with Crippen LogP contribution in [0.1, 0.15) is 204 Å². The van der Waals surface area contributed by atoms with E-state index in [1.54, 1.807) is 20.8 Å². The first-order chi connectivity index (χ1) is 56.3. The molecular weight excluding hydrogens is 1800 g/mol. The van der Waals surface area contributed by atoms with Gasteiger partial charge in [-0.3, -0.25) is 46.1 Å². The summed E-state index contributed by atoms with van der Waals surface area (Å²) in [5.41, 5.74) is 3.16. The molecule has 0 heterocycles. The van der Waals surface area contributed by atoms with Gasteiger partial charge in [0, 0.05) is 30.9 Å². The number of benzene rings is 6. The molecule has 6 aromatic carbocycles. The molecule has 0 radical (unpaired) electrons. The van der Waals surface area contributed by atoms with Crippen LogP contribution in [0.3, 0.4) is 0 Å². The SMILES string of the molecule is C.C.C.C.C.C.C.CCOP(=O)(Cl)Cl.CCOP(=O)(OCCOC(=O)c1ccc(C(=O)OCCO)cc1)OCCOC(=O)c1ccc(C(=O)OCCOC)cc1.CCOP(=O)(OCCOC(=O)c1ccc(C(C)=O)cc1)OCCOC(=O)c1ccc(C(=O)OCCOC)cc1.O=C(Cl)c1ccc(C(=O)Cl)cc1.O=C(OCCO)c1ccc(C(=O)OCCO)cc1. The molecule has 0 spiro atoms. The highest BCUT2D eigenvalue weighted by molar-refractivity contribution is 8.05. The number of methoxy groups -OCH3 is 2. The smallest absolute Gasteiger partial charge is 0.460 e. The van der Waals surface area contributed by atoms with Crippen LogP contribution in [0.15, 0.2) is 146 Å². The van der Waals surface area contributed by atoms with E-state index in [0.29, 0.717) is 16.7 Å². The number of phosphoric acid groups is 2. The van der Waals surface area contributed by atoms with Gasteiger partial charge in [-0.2, -0.15) is 0 Å². The van der Waals surface area contributed by atoms with Crippen LogP contribution in [0.2, 0.25) is 0 Å². The summed E-state index contributed by atoms with van der Waals surface area (Å²) in [7, 11) is -5.09. The molecule has 125 heavy (non-hydrogen) atoms. The number of hydrogen-bond acceptors (Lipinski definition) is 36. The van der Waals surface area contributed by atoms with E-state index in [9.17, 15) is 71.2 Å². The van der Waals surface area contributed by atoms with Crippen molar-refractivity contribution in [2.45, 2.75) is 79.7 Å². The van der Waals surface area contributed by atoms with Gasteiger partial charge in [-0.05, 0) is 207 Å². The predicted octanol–water partition coefficient (Wildman–Crippen LogP) is 16.2. The lowest BCUT2D eigenvalue weighted by atomic mass is 10.1. The van der Waals surface area contributed by atoms with Crippen molar-refractivity contribution in [2.24, 2.45) is 0 Å². The molecule has 0 bridgehead atoms. The number of aliphatic hydroxyl groups excluding tert-OH is 3. The number of ketones is 1. The molecule has 2 unspecified atom stereocenters. The predicted molar refractivity (Wildman–Crippen MR) is 467 cm³/mol. The summed E-state index contributed by atoms with van der Waals surface area (Å²) in [5, 5.41) is 24.6. The standard InChI is InChI=1S/C27H33O14P.C26H31O12P.C12H14O6.C8H4Cl2O2.C2H5Cl2O2P.7CH4/c1-3-39-42(33,40-18-16-37-26(31)22-6-4-20(5-7-22)24(29)35-13-12-28)41-19-17-38-27(32)23-10-8-21(9-11-23)25(30)36-15-14-34-2;1-4-36-39(31,37-17-15-34-25(29)21-7-5-20(6-8-21)19(2)27)38-18-16-35-26(30)23-11-9-22(10-12-23)24(28)33-14-13-32-3;13-5-7-17-11(15)9-1-2-10(4-3-9)12(16)18-8-6-14;9-7(11)5-1-2-6(4-3-5)8(10)12;1-2-6-7(3,4)5;;;;;;;/h4-11,28H,3,12-19H2,1-2H3;5-12H,4,13-18H2,1-3H3;1-4,13-14H,5-8H2;1-4H;2H2,1H3;7*1H4. The molecule has 0 amide bonds. The normalized spacial score (nSPS) is 10.9. The fourth-order valence-electron chi connectivity index (χ4n) is 7.97. The molecule has 3 N–H and O–H groups in total. The van der Waals surface area contributed by atoms with Crippen LogP contribution < -0.4 is 0 Å². The monoisotopic (exact) mass is 1910 g/mol. The Balaban J connectivity index is -0.000000389. The van der Waals surface area contributed by atoms with Gasteiger partial charge in [0.1, 0.15) is 59.5 Å². The third kappa shape index (κ3) is 53.9. The van der Waals surface area contributed by atoms with Crippen LogP contribution in [0, 0.1) is 0 Å². The molecule has 0 saturated carbocycles. The number of halogens is 4. The van der Waals surface area contributed by atoms with Crippen molar-refractivity contribution in [3.05, 3.63) is 212 Å². The molecule has 43 heteroatoms. The minimum atomic E-state index is -4.05. The number of aliphatic hydroxyl groups is 3. The van der Waals surface area contributed by atoms with E-state index in [2.05, 4.69) is 4.52 Å². The summed E-state index contributed by atoms with van der Waals surface area (Å²) >= 11 is 20.2. The van der Waals surface area contributed by atoms with Gasteiger partial charge in [0.25, 0.3) is 10.5 Å². The molecule has 36 nitrogen and oxygen atoms in total. The first kappa shape index (κ1) is 127. The highest BCUT2D eigenvalue weighted by Gasteiger charge is 2.29. The van der Waals surface area contributed by atoms with E-state index in [1.807, 2.05) is 0 Å². The zero-order chi connectivity index (χ0) is 87.9. The lowest BCUT2D eigenvalue weighted by Crippen LogP contribution is -2.14. The second-order valence-electron chi connectivity index (χ2n) is 21.8. The van der Waals surface area contributed by atoms with Crippen LogP contribution in [-0.4, -0.2) is 238 Å². The number of esters is 9. The van der Waals surface area contributed by atoms with Gasteiger partial charge in [0.2, 0.25) is 0 Å². The van der Waals surface area contributed by atoms with Crippen LogP contribution in [-0.2, 0) is 97.5 Å². The molecule has 0 aromatic heterocycles. The number of ether oxygens (including phenoxy) is 11. The Kier molecular flexibility index (Phi) is 73.0. The third-order valence-corrected chi connectivity index (χ3v) is 18.1. The Morgan fingerprint density at radius 3 is 0.552 bits per heavy atom. The van der Waals surface area contributed by atoms with Gasteiger partial charge in [0.15, 0.2) is 5.78 Å². The maximum atomic E-state index is 12.8. The number of hydrogen-bond donors (Lipinski definition) is 3. The summed E-state index contributed by atoms with van der Waals surface area (Å²) in [6, 6.07) is 34.2. The minimum Gasteiger partial charge on any atom is -0.460 e. The van der Waals surface area contributed by atoms with Crippen molar-refractivity contribution < 1.29 is 170 Å². The van der Waals surface area contributed by atoms with E-state index in [4.69, 9.17) is 140 Å². The van der Waals surface area contributed by atoms with Gasteiger partial charge in [-0.1, -0.05) is 64.1 Å². The number of rotatable bonds is 46. The Morgan fingerprint density at radius 1 is 0.256 bits per heavy atom. The lowest BCUT2D eigenvalue weighted by Gasteiger charge is -2.17. The van der Waals surface area contributed by atoms with Gasteiger partial charge < -0.3 is 71.9 Å². The molecule has 0 aliphatic heterocycles. The van der Waals surface area contributed by atoms with Gasteiger partial charge in [0.05, 0.1) is 129 Å². The highest BCUT2D eigenvalue weighted by Crippen LogP contribution is 2.57. The maximum absolute atomic E-state index is 12.8. The number of carbonyl (C=O) groups excluding carboxylic acids is 12. The van der Waals surface area contributed by atoms with Crippen LogP contribution in [0.5, 0.6) is 0 Å². The Bertz CT molecular complexity index is 4200. The zero-order valence-electron chi connectivity index (χ0n) is 64.4. The molecule has 702 valence electrons. The van der Waals surface area contributed by atoms with Crippen LogP contribution in [0.4, 0.5) is 0 Å². The quantitative estimate of drug-likeness (QED) is 0.00798. The zero-order valence-corrected chi connectivity index (χ0v) is 70.1. The second-order valence-corrected chi connectivity index (χ2v) is 30.1. The molecular formula is C82H115Cl4O36P3. The molecule has 0 fully saturated rings. The highest BCUT2D eigenvalue weighted by atomic mass is 35.9. The Hall–Kier alpha value is -9.07. The minimum absolute atomic E-state index is 0. The summed E-state index contributed by atoms with van der Waals surface area (Å²) in [5.74, 6) is -5.78. The van der Waals surface area contributed by atoms with Crippen molar-refractivity contribution in [3.8, 4) is 0 Å². The first-order valence-electron chi connectivity index (χ1n) is 34.8. The summed E-state index contributed by atoms with van der Waals surface area (Å²) in [6.07, 6.45) is -3.22. The topological polar surface area (TPSA) is 483 Å². The van der Waals surface area contributed by atoms with Crippen molar-refractivity contribution >= 4 is 137 Å². The molecule has 2 atom stereocenters. The van der Waals surface area contributed by atoms with E-state index >= 15 is 0 Å². The van der Waals surface area contributed by atoms with E-state index in [0.717, 1.165) is 0 Å². The number of Topliss-reactive ketones (excluding diaryl/α,β-unsaturated/α-hetero) is 1. The number of phosphoric ester groups is 2. The molecule has 6 rings (SSSR count). The Morgan fingerprint density at radius 2 is 0.416 bits per heavy atom. The van der Waals surface area contributed by atoms with E-state index in [-0.39, 0.29) is 247 Å². The van der Waals surface area contributed by atoms with Crippen molar-refractivity contribution in [1.29, 1.82) is 0 Å². The fourth-order valence-corrected chi connectivity index (χ4v) is 11.4. The van der Waals surface area contributed by atoms with Crippen molar-refractivity contribution in [2.75, 3.05) is 153 Å². The summed E-state index contributed by atoms with van der Waals surface area (Å²) < 4.78 is 125. The summed E-state index contributed by atoms with van der Waals surface area (Å²) in [4.78, 5) is 140. The van der Waals surface area contributed by atoms with Crippen LogP contribution >= 0.6 is 67.4 Å². The van der Waals surface area contributed by atoms with E-state index < -0.39 is 85.9 Å². The average molecular weight is 1910 g/mol. The second kappa shape index (κ2) is 72.0. The van der Waals surface area contributed by atoms with Gasteiger partial charge in [-0.25, -0.2) is 52.3 Å². The largest absolute Gasteiger partial charge is 0.475 e. The maximum Gasteiger partial charge on any atom is 0.475 e. The van der Waals surface area contributed by atoms with Crippen molar-refractivity contribution in [1.82, 2.24) is 0 Å². The number of carbonyl (C=O) groups is 12. The van der Waals surface area contributed by atoms with Crippen molar-refractivity contribution in [3.63, 3.8) is 0 Å². The average Bonchev–Trinajstić information content (AvgIpc) is 0.896. The van der Waals surface area contributed by atoms with E-state index in [1.165, 1.54) is 167 Å². The third-order valence-electron chi connectivity index (χ3n) is 13.4. The first-order valence-corrected chi connectivity index (χ1v) is 42.0. The van der Waals surface area contributed by atoms with Gasteiger partial charge >= 0.3 is 75.4 Å². The molecule has 0 aliphatic carbocycles. The fraction of sp³-hybridized carbons (Fsp3) is 0.415. The molecule has 6 aromatic rings. The molecule has 0 aliphatic rings.